The molecule has 0 unspecified atom stereocenters. The normalized spacial score (nSPS) is 11.2. The maximum Gasteiger partial charge on any atom is 0.338 e. The maximum atomic E-state index is 13.4. The lowest BCUT2D eigenvalue weighted by atomic mass is 10.2. The SMILES string of the molecule is COc1ccc(S(=O)(=O)N(Cc2cccnc2)c2c(C(=O)O)csc2Br)cc1. The molecule has 0 saturated heterocycles. The van der Waals surface area contributed by atoms with E-state index < -0.39 is 16.0 Å². The summed E-state index contributed by atoms with van der Waals surface area (Å²) in [5.41, 5.74) is 0.601. The molecule has 0 bridgehead atoms. The summed E-state index contributed by atoms with van der Waals surface area (Å²) in [5.74, 6) is -0.696. The second kappa shape index (κ2) is 8.29. The van der Waals surface area contributed by atoms with Gasteiger partial charge in [0.1, 0.15) is 5.75 Å². The van der Waals surface area contributed by atoms with Crippen molar-refractivity contribution in [2.24, 2.45) is 0 Å². The van der Waals surface area contributed by atoms with Crippen LogP contribution < -0.4 is 9.04 Å². The van der Waals surface area contributed by atoms with E-state index in [1.54, 1.807) is 18.3 Å². The number of nitrogens with zero attached hydrogens (tertiary/aromatic N) is 2. The number of aromatic nitrogens is 1. The summed E-state index contributed by atoms with van der Waals surface area (Å²) in [6, 6.07) is 9.33. The predicted molar refractivity (Wildman–Crippen MR) is 110 cm³/mol. The Morgan fingerprint density at radius 2 is 2.00 bits per heavy atom. The van der Waals surface area contributed by atoms with Gasteiger partial charge in [-0.2, -0.15) is 0 Å². The molecule has 10 heteroatoms. The van der Waals surface area contributed by atoms with Gasteiger partial charge in [-0.1, -0.05) is 6.07 Å². The Morgan fingerprint density at radius 3 is 2.57 bits per heavy atom. The number of carboxylic acid groups (broad SMARTS) is 1. The Kier molecular flexibility index (Phi) is 6.01. The van der Waals surface area contributed by atoms with Gasteiger partial charge in [0.2, 0.25) is 0 Å². The molecule has 146 valence electrons. The van der Waals surface area contributed by atoms with Gasteiger partial charge in [0, 0.05) is 17.8 Å². The van der Waals surface area contributed by atoms with Crippen molar-refractivity contribution in [1.82, 2.24) is 4.98 Å². The zero-order valence-corrected chi connectivity index (χ0v) is 17.8. The molecule has 7 nitrogen and oxygen atoms in total. The van der Waals surface area contributed by atoms with Gasteiger partial charge in [-0.05, 0) is 51.8 Å². The lowest BCUT2D eigenvalue weighted by molar-refractivity contribution is 0.0698. The van der Waals surface area contributed by atoms with Crippen molar-refractivity contribution in [1.29, 1.82) is 0 Å². The molecule has 0 saturated carbocycles. The Labute approximate surface area is 174 Å². The summed E-state index contributed by atoms with van der Waals surface area (Å²) in [4.78, 5) is 15.7. The number of sulfonamides is 1. The quantitative estimate of drug-likeness (QED) is 0.546. The van der Waals surface area contributed by atoms with Crippen LogP contribution in [-0.4, -0.2) is 31.6 Å². The molecule has 0 aliphatic rings. The van der Waals surface area contributed by atoms with Crippen molar-refractivity contribution in [2.45, 2.75) is 11.4 Å². The van der Waals surface area contributed by atoms with Crippen LogP contribution in [0.2, 0.25) is 0 Å². The van der Waals surface area contributed by atoms with E-state index in [0.717, 1.165) is 15.6 Å². The number of hydrogen-bond acceptors (Lipinski definition) is 6. The topological polar surface area (TPSA) is 96.8 Å². The average molecular weight is 483 g/mol. The number of methoxy groups -OCH3 is 1. The van der Waals surface area contributed by atoms with Crippen LogP contribution in [0.1, 0.15) is 15.9 Å². The Morgan fingerprint density at radius 1 is 1.29 bits per heavy atom. The molecule has 28 heavy (non-hydrogen) atoms. The molecule has 0 radical (unpaired) electrons. The number of carbonyl (C=O) groups is 1. The van der Waals surface area contributed by atoms with Gasteiger partial charge in [0.05, 0.1) is 33.6 Å². The van der Waals surface area contributed by atoms with E-state index in [2.05, 4.69) is 20.9 Å². The van der Waals surface area contributed by atoms with Gasteiger partial charge >= 0.3 is 5.97 Å². The zero-order valence-electron chi connectivity index (χ0n) is 14.6. The molecule has 0 amide bonds. The first-order valence-corrected chi connectivity index (χ1v) is 11.0. The molecule has 1 N–H and O–H groups in total. The fourth-order valence-corrected chi connectivity index (χ4v) is 5.66. The number of thiophene rings is 1. The second-order valence-electron chi connectivity index (χ2n) is 5.63. The van der Waals surface area contributed by atoms with E-state index in [1.807, 2.05) is 0 Å². The summed E-state index contributed by atoms with van der Waals surface area (Å²) < 4.78 is 33.4. The van der Waals surface area contributed by atoms with Crippen molar-refractivity contribution < 1.29 is 23.1 Å². The number of aromatic carboxylic acids is 1. The highest BCUT2D eigenvalue weighted by atomic mass is 79.9. The van der Waals surface area contributed by atoms with Crippen molar-refractivity contribution in [3.05, 3.63) is 69.1 Å². The molecular weight excluding hydrogens is 468 g/mol. The van der Waals surface area contributed by atoms with E-state index in [-0.39, 0.29) is 22.7 Å². The highest BCUT2D eigenvalue weighted by molar-refractivity contribution is 9.11. The van der Waals surface area contributed by atoms with Crippen LogP contribution in [-0.2, 0) is 16.6 Å². The Balaban J connectivity index is 2.15. The van der Waals surface area contributed by atoms with Crippen molar-refractivity contribution in [2.75, 3.05) is 11.4 Å². The average Bonchev–Trinajstić information content (AvgIpc) is 3.08. The van der Waals surface area contributed by atoms with Gasteiger partial charge in [-0.3, -0.25) is 9.29 Å². The summed E-state index contributed by atoms with van der Waals surface area (Å²) in [7, 11) is -2.58. The van der Waals surface area contributed by atoms with Gasteiger partial charge in [0.15, 0.2) is 0 Å². The first kappa shape index (κ1) is 20.3. The van der Waals surface area contributed by atoms with Gasteiger partial charge in [-0.25, -0.2) is 13.2 Å². The zero-order chi connectivity index (χ0) is 20.3. The third kappa shape index (κ3) is 4.03. The maximum absolute atomic E-state index is 13.4. The number of pyridine rings is 1. The summed E-state index contributed by atoms with van der Waals surface area (Å²) >= 11 is 4.41. The molecule has 0 aliphatic heterocycles. The fourth-order valence-electron chi connectivity index (χ4n) is 2.53. The van der Waals surface area contributed by atoms with Crippen LogP contribution in [0.4, 0.5) is 5.69 Å². The molecule has 0 atom stereocenters. The van der Waals surface area contributed by atoms with E-state index in [4.69, 9.17) is 4.74 Å². The van der Waals surface area contributed by atoms with Gasteiger partial charge in [-0.15, -0.1) is 11.3 Å². The fraction of sp³-hybridized carbons (Fsp3) is 0.111. The molecule has 2 heterocycles. The third-order valence-corrected chi connectivity index (χ3v) is 7.35. The standard InChI is InChI=1S/C18H15BrN2O5S2/c1-26-13-4-6-14(7-5-13)28(24,25)21(10-12-3-2-8-20-9-12)16-15(18(22)23)11-27-17(16)19/h2-9,11H,10H2,1H3,(H,22,23). The Hall–Kier alpha value is -2.43. The van der Waals surface area contributed by atoms with Gasteiger partial charge in [0.25, 0.3) is 10.0 Å². The van der Waals surface area contributed by atoms with Crippen molar-refractivity contribution in [3.8, 4) is 5.75 Å². The molecule has 2 aromatic heterocycles. The molecule has 0 aliphatic carbocycles. The number of benzene rings is 1. The number of carboxylic acids is 1. The smallest absolute Gasteiger partial charge is 0.338 e. The molecule has 0 fully saturated rings. The van der Waals surface area contributed by atoms with E-state index in [1.165, 1.54) is 43.0 Å². The predicted octanol–water partition coefficient (Wildman–Crippen LogP) is 4.01. The number of rotatable bonds is 7. The largest absolute Gasteiger partial charge is 0.497 e. The van der Waals surface area contributed by atoms with Crippen LogP contribution in [0.15, 0.2) is 62.9 Å². The van der Waals surface area contributed by atoms with E-state index in [0.29, 0.717) is 15.1 Å². The molecule has 3 aromatic rings. The number of halogens is 1. The highest BCUT2D eigenvalue weighted by Gasteiger charge is 2.31. The number of anilines is 1. The lowest BCUT2D eigenvalue weighted by Gasteiger charge is -2.25. The van der Waals surface area contributed by atoms with E-state index >= 15 is 0 Å². The van der Waals surface area contributed by atoms with Crippen molar-refractivity contribution >= 4 is 48.9 Å². The van der Waals surface area contributed by atoms with Crippen LogP contribution in [0.3, 0.4) is 0 Å². The molecule has 0 spiro atoms. The number of ether oxygens (including phenoxy) is 1. The summed E-state index contributed by atoms with van der Waals surface area (Å²) in [6.07, 6.45) is 3.12. The van der Waals surface area contributed by atoms with Gasteiger partial charge < -0.3 is 9.84 Å². The minimum absolute atomic E-state index is 0.0200. The minimum Gasteiger partial charge on any atom is -0.497 e. The minimum atomic E-state index is -4.06. The molecule has 1 aromatic carbocycles. The van der Waals surface area contributed by atoms with E-state index in [9.17, 15) is 18.3 Å². The monoisotopic (exact) mass is 482 g/mol. The van der Waals surface area contributed by atoms with Crippen LogP contribution in [0.5, 0.6) is 5.75 Å². The van der Waals surface area contributed by atoms with Crippen LogP contribution >= 0.6 is 27.3 Å². The third-order valence-electron chi connectivity index (χ3n) is 3.90. The molecular formula is C18H15BrN2O5S2. The van der Waals surface area contributed by atoms with Crippen molar-refractivity contribution in [3.63, 3.8) is 0 Å². The molecule has 3 rings (SSSR count). The summed E-state index contributed by atoms with van der Waals surface area (Å²) in [6.45, 7) is -0.0716. The summed E-state index contributed by atoms with van der Waals surface area (Å²) in [5, 5.41) is 10.9. The lowest BCUT2D eigenvalue weighted by Crippen LogP contribution is -2.31. The van der Waals surface area contributed by atoms with Crippen LogP contribution in [0.25, 0.3) is 0 Å². The highest BCUT2D eigenvalue weighted by Crippen LogP contribution is 2.40. The first-order valence-electron chi connectivity index (χ1n) is 7.90. The first-order chi connectivity index (χ1) is 13.3. The second-order valence-corrected chi connectivity index (χ2v) is 9.69. The Bertz CT molecular complexity index is 1080. The number of hydrogen-bond donors (Lipinski definition) is 1. The van der Waals surface area contributed by atoms with Crippen LogP contribution in [0, 0.1) is 0 Å².